The maximum atomic E-state index is 13.3. The van der Waals surface area contributed by atoms with Gasteiger partial charge in [0, 0.05) is 11.8 Å². The van der Waals surface area contributed by atoms with Gasteiger partial charge >= 0.3 is 24.3 Å². The smallest absolute Gasteiger partial charge is 0.416 e. The van der Waals surface area contributed by atoms with Gasteiger partial charge in [0.1, 0.15) is 0 Å². The molecular weight excluding hydrogens is 496 g/mol. The minimum atomic E-state index is -5.15. The van der Waals surface area contributed by atoms with Gasteiger partial charge in [-0.3, -0.25) is 4.79 Å². The summed E-state index contributed by atoms with van der Waals surface area (Å²) in [4.78, 5) is 38.0. The molecule has 12 heteroatoms. The lowest BCUT2D eigenvalue weighted by Gasteiger charge is -2.14. The predicted octanol–water partition coefficient (Wildman–Crippen LogP) is 5.95. The van der Waals surface area contributed by atoms with E-state index in [1.54, 1.807) is 13.8 Å². The van der Waals surface area contributed by atoms with Crippen molar-refractivity contribution < 1.29 is 50.2 Å². The van der Waals surface area contributed by atoms with Crippen molar-refractivity contribution in [1.82, 2.24) is 4.40 Å². The fraction of sp³-hybridized carbons (Fsp3) is 0.292. The zero-order chi connectivity index (χ0) is 27.0. The number of ketones is 1. The molecule has 0 N–H and O–H groups in total. The number of esters is 2. The zero-order valence-electron chi connectivity index (χ0n) is 19.1. The first kappa shape index (κ1) is 26.8. The Labute approximate surface area is 200 Å². The summed E-state index contributed by atoms with van der Waals surface area (Å²) < 4.78 is 90.8. The lowest BCUT2D eigenvalue weighted by atomic mass is 10.0. The second kappa shape index (κ2) is 9.67. The molecule has 1 aromatic carbocycles. The van der Waals surface area contributed by atoms with Crippen LogP contribution in [0.2, 0.25) is 0 Å². The van der Waals surface area contributed by atoms with Crippen LogP contribution in [0, 0.1) is 0 Å². The van der Waals surface area contributed by atoms with Crippen LogP contribution in [0.3, 0.4) is 0 Å². The highest BCUT2D eigenvalue weighted by Crippen LogP contribution is 2.37. The lowest BCUT2D eigenvalue weighted by molar-refractivity contribution is -0.143. The van der Waals surface area contributed by atoms with Crippen molar-refractivity contribution >= 4 is 23.2 Å². The number of alkyl halides is 6. The Hall–Kier alpha value is -3.83. The summed E-state index contributed by atoms with van der Waals surface area (Å²) in [6.07, 6.45) is -9.59. The van der Waals surface area contributed by atoms with Crippen LogP contribution in [0.25, 0.3) is 5.52 Å². The maximum Gasteiger partial charge on any atom is 0.416 e. The summed E-state index contributed by atoms with van der Waals surface area (Å²) in [5, 5.41) is 0. The normalized spacial score (nSPS) is 12.2. The largest absolute Gasteiger partial charge is 0.462 e. The zero-order valence-corrected chi connectivity index (χ0v) is 19.1. The van der Waals surface area contributed by atoms with Crippen molar-refractivity contribution in [3.8, 4) is 0 Å². The van der Waals surface area contributed by atoms with E-state index in [0.717, 1.165) is 10.5 Å². The summed E-state index contributed by atoms with van der Waals surface area (Å²) in [6, 6.07) is 3.94. The molecule has 36 heavy (non-hydrogen) atoms. The highest BCUT2D eigenvalue weighted by atomic mass is 19.4. The Morgan fingerprint density at radius 1 is 0.861 bits per heavy atom. The highest BCUT2D eigenvalue weighted by molar-refractivity contribution is 6.11. The molecule has 3 aromatic rings. The molecule has 0 aliphatic heterocycles. The van der Waals surface area contributed by atoms with Crippen LogP contribution >= 0.6 is 0 Å². The number of pyridine rings is 1. The third-order valence-corrected chi connectivity index (χ3v) is 4.93. The topological polar surface area (TPSA) is 74.1 Å². The van der Waals surface area contributed by atoms with E-state index in [4.69, 9.17) is 9.47 Å². The maximum absolute atomic E-state index is 13.3. The molecule has 0 unspecified atom stereocenters. The van der Waals surface area contributed by atoms with Gasteiger partial charge in [-0.1, -0.05) is 0 Å². The fourth-order valence-corrected chi connectivity index (χ4v) is 3.39. The van der Waals surface area contributed by atoms with Crippen molar-refractivity contribution in [2.75, 3.05) is 6.61 Å². The van der Waals surface area contributed by atoms with E-state index in [1.165, 1.54) is 25.3 Å². The van der Waals surface area contributed by atoms with E-state index < -0.39 is 58.6 Å². The molecule has 0 aliphatic rings. The molecular formula is C24H19F6NO5. The Morgan fingerprint density at radius 3 is 1.94 bits per heavy atom. The number of hydrogen-bond donors (Lipinski definition) is 0. The van der Waals surface area contributed by atoms with Crippen LogP contribution in [-0.2, 0) is 21.8 Å². The molecule has 2 aromatic heterocycles. The molecule has 0 saturated heterocycles. The van der Waals surface area contributed by atoms with E-state index in [0.29, 0.717) is 12.1 Å². The number of halogens is 6. The number of carbonyl (C=O) groups is 3. The second-order valence-corrected chi connectivity index (χ2v) is 7.91. The predicted molar refractivity (Wildman–Crippen MR) is 114 cm³/mol. The first-order valence-electron chi connectivity index (χ1n) is 10.5. The highest BCUT2D eigenvalue weighted by Gasteiger charge is 2.38. The average Bonchev–Trinajstić information content (AvgIpc) is 3.15. The lowest BCUT2D eigenvalue weighted by Crippen LogP contribution is -2.15. The summed E-state index contributed by atoms with van der Waals surface area (Å²) in [7, 11) is 0. The number of benzene rings is 1. The summed E-state index contributed by atoms with van der Waals surface area (Å²) in [5.74, 6) is -2.87. The summed E-state index contributed by atoms with van der Waals surface area (Å²) in [5.41, 5.74) is -4.88. The van der Waals surface area contributed by atoms with Crippen LogP contribution < -0.4 is 0 Å². The van der Waals surface area contributed by atoms with Crippen LogP contribution in [0.15, 0.2) is 42.6 Å². The monoisotopic (exact) mass is 515 g/mol. The molecule has 6 nitrogen and oxygen atoms in total. The number of ether oxygens (including phenoxy) is 2. The van der Waals surface area contributed by atoms with E-state index in [-0.39, 0.29) is 29.3 Å². The van der Waals surface area contributed by atoms with E-state index in [1.807, 2.05) is 0 Å². The molecule has 2 heterocycles. The molecule has 192 valence electrons. The van der Waals surface area contributed by atoms with Gasteiger partial charge in [0.05, 0.1) is 46.2 Å². The third-order valence-electron chi connectivity index (χ3n) is 4.93. The summed E-state index contributed by atoms with van der Waals surface area (Å²) in [6.45, 7) is 4.67. The SMILES string of the molecule is CCOC(=O)c1cc(C(=O)c2cc(C(F)(F)F)cc(C(F)(F)F)c2)n2ccc(C(=O)OC(C)C)cc12. The standard InChI is InChI=1S/C24H19F6NO5/c1-4-35-22(34)17-11-19(31-6-5-13(9-18(17)31)21(33)36-12(2)3)20(32)14-7-15(23(25,26)27)10-16(8-14)24(28,29)30/h5-12H,4H2,1-3H3. The van der Waals surface area contributed by atoms with Crippen LogP contribution in [0.5, 0.6) is 0 Å². The van der Waals surface area contributed by atoms with Crippen molar-refractivity contribution in [2.45, 2.75) is 39.2 Å². The van der Waals surface area contributed by atoms with E-state index in [9.17, 15) is 40.7 Å². The Balaban J connectivity index is 2.22. The van der Waals surface area contributed by atoms with E-state index >= 15 is 0 Å². The van der Waals surface area contributed by atoms with Gasteiger partial charge in [0.15, 0.2) is 0 Å². The summed E-state index contributed by atoms with van der Waals surface area (Å²) >= 11 is 0. The fourth-order valence-electron chi connectivity index (χ4n) is 3.39. The van der Waals surface area contributed by atoms with E-state index in [2.05, 4.69) is 0 Å². The average molecular weight is 515 g/mol. The first-order valence-corrected chi connectivity index (χ1v) is 10.5. The quantitative estimate of drug-likeness (QED) is 0.231. The molecule has 0 saturated carbocycles. The molecule has 0 amide bonds. The third kappa shape index (κ3) is 5.52. The minimum Gasteiger partial charge on any atom is -0.462 e. The molecule has 0 fully saturated rings. The molecule has 0 bridgehead atoms. The van der Waals surface area contributed by atoms with Gasteiger partial charge in [-0.2, -0.15) is 26.3 Å². The van der Waals surface area contributed by atoms with Crippen LogP contribution in [0.4, 0.5) is 26.3 Å². The van der Waals surface area contributed by atoms with Crippen molar-refractivity contribution in [3.05, 3.63) is 76.1 Å². The molecule has 0 spiro atoms. The van der Waals surface area contributed by atoms with Crippen LogP contribution in [-0.4, -0.2) is 34.8 Å². The van der Waals surface area contributed by atoms with Gasteiger partial charge in [-0.05, 0) is 57.2 Å². The first-order chi connectivity index (χ1) is 16.6. The number of fused-ring (bicyclic) bond motifs is 1. The van der Waals surface area contributed by atoms with Gasteiger partial charge < -0.3 is 13.9 Å². The van der Waals surface area contributed by atoms with Gasteiger partial charge in [0.25, 0.3) is 0 Å². The molecule has 0 radical (unpaired) electrons. The second-order valence-electron chi connectivity index (χ2n) is 7.91. The number of nitrogens with zero attached hydrogens (tertiary/aromatic N) is 1. The van der Waals surface area contributed by atoms with Gasteiger partial charge in [-0.15, -0.1) is 0 Å². The number of hydrogen-bond acceptors (Lipinski definition) is 5. The molecule has 0 atom stereocenters. The minimum absolute atomic E-state index is 0.00252. The Kier molecular flexibility index (Phi) is 7.19. The number of aromatic nitrogens is 1. The Morgan fingerprint density at radius 2 is 1.44 bits per heavy atom. The van der Waals surface area contributed by atoms with Crippen molar-refractivity contribution in [3.63, 3.8) is 0 Å². The number of rotatable bonds is 6. The number of carbonyl (C=O) groups excluding carboxylic acids is 3. The Bertz CT molecular complexity index is 1300. The molecule has 0 aliphatic carbocycles. The van der Waals surface area contributed by atoms with Crippen molar-refractivity contribution in [2.24, 2.45) is 0 Å². The van der Waals surface area contributed by atoms with Crippen LogP contribution in [0.1, 0.15) is 68.7 Å². The van der Waals surface area contributed by atoms with Crippen molar-refractivity contribution in [1.29, 1.82) is 0 Å². The molecule has 3 rings (SSSR count). The van der Waals surface area contributed by atoms with Gasteiger partial charge in [0.2, 0.25) is 5.78 Å². The van der Waals surface area contributed by atoms with Gasteiger partial charge in [-0.25, -0.2) is 9.59 Å².